The summed E-state index contributed by atoms with van der Waals surface area (Å²) in [5.74, 6) is -2.83. The second-order valence-corrected chi connectivity index (χ2v) is 7.45. The number of anilines is 1. The van der Waals surface area contributed by atoms with Crippen molar-refractivity contribution in [3.8, 4) is 0 Å². The summed E-state index contributed by atoms with van der Waals surface area (Å²) in [4.78, 5) is 17.2. The van der Waals surface area contributed by atoms with Gasteiger partial charge in [0.2, 0.25) is 0 Å². The lowest BCUT2D eigenvalue weighted by Crippen LogP contribution is -2.53. The minimum atomic E-state index is -4.51. The summed E-state index contributed by atoms with van der Waals surface area (Å²) in [5.41, 5.74) is -1.68. The number of carbonyl (C=O) groups excluding carboxylic acids is 1. The topological polar surface area (TPSA) is 54.5 Å². The lowest BCUT2D eigenvalue weighted by Gasteiger charge is -2.39. The number of amides is 1. The van der Waals surface area contributed by atoms with Gasteiger partial charge in [-0.3, -0.25) is 0 Å². The van der Waals surface area contributed by atoms with Crippen molar-refractivity contribution in [3.63, 3.8) is 0 Å². The van der Waals surface area contributed by atoms with Crippen LogP contribution in [0.2, 0.25) is 0 Å². The van der Waals surface area contributed by atoms with E-state index in [0.29, 0.717) is 6.20 Å². The van der Waals surface area contributed by atoms with E-state index in [1.807, 2.05) is 0 Å². The van der Waals surface area contributed by atoms with Crippen molar-refractivity contribution in [2.75, 3.05) is 18.4 Å². The Morgan fingerprint density at radius 3 is 2.52 bits per heavy atom. The van der Waals surface area contributed by atoms with Crippen molar-refractivity contribution in [3.05, 3.63) is 23.9 Å². The number of nitrogens with zero attached hydrogens (tertiary/aromatic N) is 2. The van der Waals surface area contributed by atoms with Crippen LogP contribution in [-0.2, 0) is 10.9 Å². The summed E-state index contributed by atoms with van der Waals surface area (Å²) in [6.07, 6.45) is -5.60. The van der Waals surface area contributed by atoms with Crippen molar-refractivity contribution < 1.29 is 31.5 Å². The van der Waals surface area contributed by atoms with Gasteiger partial charge in [0.25, 0.3) is 5.92 Å². The van der Waals surface area contributed by atoms with Crippen LogP contribution in [0.4, 0.5) is 32.6 Å². The van der Waals surface area contributed by atoms with Gasteiger partial charge in [-0.15, -0.1) is 0 Å². The molecule has 1 aliphatic rings. The van der Waals surface area contributed by atoms with Gasteiger partial charge in [-0.2, -0.15) is 13.2 Å². The molecule has 0 saturated carbocycles. The van der Waals surface area contributed by atoms with Gasteiger partial charge in [0, 0.05) is 32.1 Å². The van der Waals surface area contributed by atoms with Gasteiger partial charge in [-0.1, -0.05) is 0 Å². The molecule has 0 radical (unpaired) electrons. The molecule has 1 fully saturated rings. The Labute approximate surface area is 153 Å². The highest BCUT2D eigenvalue weighted by Gasteiger charge is 2.43. The highest BCUT2D eigenvalue weighted by Crippen LogP contribution is 2.33. The first-order valence-corrected chi connectivity index (χ1v) is 8.41. The Bertz CT molecular complexity index is 656. The Kier molecular flexibility index (Phi) is 5.86. The highest BCUT2D eigenvalue weighted by molar-refractivity contribution is 5.69. The molecule has 10 heteroatoms. The number of aromatic nitrogens is 1. The first-order chi connectivity index (χ1) is 12.3. The first kappa shape index (κ1) is 21.2. The molecule has 5 nitrogen and oxygen atoms in total. The Balaban J connectivity index is 2.06. The van der Waals surface area contributed by atoms with E-state index >= 15 is 0 Å². The van der Waals surface area contributed by atoms with Gasteiger partial charge in [-0.05, 0) is 32.9 Å². The Morgan fingerprint density at radius 2 is 2.00 bits per heavy atom. The number of likely N-dealkylation sites (tertiary alicyclic amines) is 1. The number of hydrogen-bond acceptors (Lipinski definition) is 4. The minimum Gasteiger partial charge on any atom is -0.444 e. The van der Waals surface area contributed by atoms with Crippen LogP contribution in [0.25, 0.3) is 0 Å². The van der Waals surface area contributed by atoms with E-state index < -0.39 is 48.2 Å². The molecule has 2 heterocycles. The van der Waals surface area contributed by atoms with Gasteiger partial charge < -0.3 is 15.0 Å². The molecule has 27 heavy (non-hydrogen) atoms. The normalized spacial score (nSPS) is 20.3. The van der Waals surface area contributed by atoms with E-state index in [1.54, 1.807) is 20.8 Å². The first-order valence-electron chi connectivity index (χ1n) is 8.41. The smallest absolute Gasteiger partial charge is 0.417 e. The predicted octanol–water partition coefficient (Wildman–Crippen LogP) is 4.55. The molecule has 1 aliphatic heterocycles. The monoisotopic (exact) mass is 395 g/mol. The van der Waals surface area contributed by atoms with E-state index in [0.717, 1.165) is 12.1 Å². The quantitative estimate of drug-likeness (QED) is 0.763. The number of carbonyl (C=O) groups is 1. The largest absolute Gasteiger partial charge is 0.444 e. The lowest BCUT2D eigenvalue weighted by atomic mass is 9.98. The van der Waals surface area contributed by atoms with Crippen LogP contribution < -0.4 is 5.32 Å². The van der Waals surface area contributed by atoms with Crippen LogP contribution in [0.15, 0.2) is 18.3 Å². The standard InChI is InChI=1S/C17H22F5N3O2/c1-15(2,3)27-14(26)25-7-6-16(18,19)8-12(25)10-24-13-5-4-11(9-23-13)17(20,21)22/h4-5,9,12H,6-8,10H2,1-3H3,(H,23,24). The zero-order valence-electron chi connectivity index (χ0n) is 15.2. The van der Waals surface area contributed by atoms with E-state index in [1.165, 1.54) is 4.90 Å². The third-order valence-corrected chi connectivity index (χ3v) is 3.93. The molecule has 1 N–H and O–H groups in total. The zero-order chi connectivity index (χ0) is 20.5. The van der Waals surface area contributed by atoms with Crippen LogP contribution in [-0.4, -0.2) is 46.6 Å². The van der Waals surface area contributed by atoms with Gasteiger partial charge in [0.1, 0.15) is 11.4 Å². The van der Waals surface area contributed by atoms with E-state index in [2.05, 4.69) is 10.3 Å². The fraction of sp³-hybridized carbons (Fsp3) is 0.647. The maximum atomic E-state index is 13.8. The minimum absolute atomic E-state index is 0.0901. The molecule has 1 aromatic rings. The number of pyridine rings is 1. The number of piperidine rings is 1. The molecule has 2 rings (SSSR count). The molecule has 0 aromatic carbocycles. The number of ether oxygens (including phenoxy) is 1. The zero-order valence-corrected chi connectivity index (χ0v) is 15.2. The summed E-state index contributed by atoms with van der Waals surface area (Å²) < 4.78 is 70.5. The number of rotatable bonds is 3. The summed E-state index contributed by atoms with van der Waals surface area (Å²) in [7, 11) is 0. The fourth-order valence-corrected chi connectivity index (χ4v) is 2.66. The third kappa shape index (κ3) is 6.21. The maximum Gasteiger partial charge on any atom is 0.417 e. The van der Waals surface area contributed by atoms with E-state index in [4.69, 9.17) is 4.74 Å². The fourth-order valence-electron chi connectivity index (χ4n) is 2.66. The highest BCUT2D eigenvalue weighted by atomic mass is 19.4. The molecular formula is C17H22F5N3O2. The molecule has 152 valence electrons. The second-order valence-electron chi connectivity index (χ2n) is 7.45. The van der Waals surface area contributed by atoms with Crippen LogP contribution >= 0.6 is 0 Å². The molecular weight excluding hydrogens is 373 g/mol. The third-order valence-electron chi connectivity index (χ3n) is 3.93. The molecule has 1 atom stereocenters. The summed E-state index contributed by atoms with van der Waals surface area (Å²) in [6.45, 7) is 4.75. The molecule has 1 aromatic heterocycles. The predicted molar refractivity (Wildman–Crippen MR) is 88.6 cm³/mol. The van der Waals surface area contributed by atoms with Crippen molar-refractivity contribution >= 4 is 11.9 Å². The Morgan fingerprint density at radius 1 is 1.33 bits per heavy atom. The number of nitrogens with one attached hydrogen (secondary N) is 1. The average Bonchev–Trinajstić information content (AvgIpc) is 2.50. The molecule has 1 amide bonds. The molecule has 0 aliphatic carbocycles. The van der Waals surface area contributed by atoms with Crippen LogP contribution in [0, 0.1) is 0 Å². The number of halogens is 5. The second kappa shape index (κ2) is 7.47. The summed E-state index contributed by atoms with van der Waals surface area (Å²) >= 11 is 0. The number of hydrogen-bond donors (Lipinski definition) is 1. The lowest BCUT2D eigenvalue weighted by molar-refractivity contribution is -0.137. The van der Waals surface area contributed by atoms with E-state index in [-0.39, 0.29) is 18.9 Å². The average molecular weight is 395 g/mol. The molecule has 0 spiro atoms. The van der Waals surface area contributed by atoms with Gasteiger partial charge in [-0.25, -0.2) is 18.6 Å². The van der Waals surface area contributed by atoms with Crippen molar-refractivity contribution in [2.24, 2.45) is 0 Å². The van der Waals surface area contributed by atoms with Gasteiger partial charge >= 0.3 is 12.3 Å². The van der Waals surface area contributed by atoms with Crippen LogP contribution in [0.5, 0.6) is 0 Å². The number of alkyl halides is 5. The van der Waals surface area contributed by atoms with Crippen LogP contribution in [0.3, 0.4) is 0 Å². The summed E-state index contributed by atoms with van der Waals surface area (Å²) in [5, 5.41) is 2.72. The van der Waals surface area contributed by atoms with E-state index in [9.17, 15) is 26.7 Å². The Hall–Kier alpha value is -2.13. The SMILES string of the molecule is CC(C)(C)OC(=O)N1CCC(F)(F)CC1CNc1ccc(C(F)(F)F)cn1. The van der Waals surface area contributed by atoms with Gasteiger partial charge in [0.15, 0.2) is 0 Å². The van der Waals surface area contributed by atoms with Gasteiger partial charge in [0.05, 0.1) is 11.6 Å². The van der Waals surface area contributed by atoms with Crippen molar-refractivity contribution in [1.82, 2.24) is 9.88 Å². The van der Waals surface area contributed by atoms with Crippen molar-refractivity contribution in [1.29, 1.82) is 0 Å². The van der Waals surface area contributed by atoms with Crippen LogP contribution in [0.1, 0.15) is 39.2 Å². The summed E-state index contributed by atoms with van der Waals surface area (Å²) in [6, 6.07) is 1.07. The molecule has 0 bridgehead atoms. The maximum absolute atomic E-state index is 13.8. The molecule has 1 unspecified atom stereocenters. The molecule has 1 saturated heterocycles. The van der Waals surface area contributed by atoms with Crippen molar-refractivity contribution in [2.45, 2.75) is 57.4 Å².